The van der Waals surface area contributed by atoms with Crippen LogP contribution in [0.5, 0.6) is 0 Å². The molecule has 0 aliphatic carbocycles. The number of para-hydroxylation sites is 1. The lowest BCUT2D eigenvalue weighted by atomic mass is 10.2. The largest absolute Gasteiger partial charge is 0.332 e. The molecule has 0 radical (unpaired) electrons. The van der Waals surface area contributed by atoms with Gasteiger partial charge in [-0.2, -0.15) is 4.98 Å². The standard InChI is InChI=1S/C20H19N5O2/c1-23-17-16(18(26)24(2)20(23)27)25(13-14-9-5-3-6-10-14)19(22-17)21-15-11-7-4-8-12-15/h3-12H,13H2,1-2H3,(H,21,22). The lowest BCUT2D eigenvalue weighted by molar-refractivity contribution is 0.702. The van der Waals surface area contributed by atoms with E-state index in [1.165, 1.54) is 11.6 Å². The normalized spacial score (nSPS) is 11.0. The van der Waals surface area contributed by atoms with Crippen LogP contribution in [0.15, 0.2) is 70.3 Å². The van der Waals surface area contributed by atoms with E-state index in [2.05, 4.69) is 10.3 Å². The minimum atomic E-state index is -0.400. The van der Waals surface area contributed by atoms with Gasteiger partial charge in [-0.25, -0.2) is 4.79 Å². The Morgan fingerprint density at radius 3 is 2.19 bits per heavy atom. The molecule has 0 bridgehead atoms. The molecule has 2 aromatic carbocycles. The highest BCUT2D eigenvalue weighted by Crippen LogP contribution is 2.21. The van der Waals surface area contributed by atoms with Crippen molar-refractivity contribution in [3.05, 3.63) is 87.1 Å². The number of hydrogen-bond acceptors (Lipinski definition) is 4. The molecule has 1 N–H and O–H groups in total. The summed E-state index contributed by atoms with van der Waals surface area (Å²) in [6.45, 7) is 0.458. The summed E-state index contributed by atoms with van der Waals surface area (Å²) < 4.78 is 4.33. The van der Waals surface area contributed by atoms with Gasteiger partial charge >= 0.3 is 5.69 Å². The molecule has 0 fully saturated rings. The van der Waals surface area contributed by atoms with Crippen molar-refractivity contribution in [2.45, 2.75) is 6.54 Å². The molecule has 7 nitrogen and oxygen atoms in total. The zero-order chi connectivity index (χ0) is 19.0. The first-order valence-electron chi connectivity index (χ1n) is 8.58. The third-order valence-electron chi connectivity index (χ3n) is 4.56. The van der Waals surface area contributed by atoms with Crippen molar-refractivity contribution < 1.29 is 0 Å². The van der Waals surface area contributed by atoms with E-state index in [-0.39, 0.29) is 5.56 Å². The number of benzene rings is 2. The van der Waals surface area contributed by atoms with Crippen molar-refractivity contribution >= 4 is 22.8 Å². The van der Waals surface area contributed by atoms with Crippen LogP contribution >= 0.6 is 0 Å². The fourth-order valence-corrected chi connectivity index (χ4v) is 3.11. The van der Waals surface area contributed by atoms with E-state index in [1.54, 1.807) is 7.05 Å². The number of hydrogen-bond donors (Lipinski definition) is 1. The van der Waals surface area contributed by atoms with Crippen LogP contribution in [0.4, 0.5) is 11.6 Å². The van der Waals surface area contributed by atoms with Crippen LogP contribution in [0.1, 0.15) is 5.56 Å². The quantitative estimate of drug-likeness (QED) is 0.605. The van der Waals surface area contributed by atoms with Gasteiger partial charge in [0.25, 0.3) is 5.56 Å². The van der Waals surface area contributed by atoms with Crippen LogP contribution in [0.3, 0.4) is 0 Å². The summed E-state index contributed by atoms with van der Waals surface area (Å²) in [4.78, 5) is 29.7. The number of imidazole rings is 1. The maximum Gasteiger partial charge on any atom is 0.332 e. The van der Waals surface area contributed by atoms with Crippen molar-refractivity contribution in [1.82, 2.24) is 18.7 Å². The summed E-state index contributed by atoms with van der Waals surface area (Å²) in [5.41, 5.74) is 1.87. The van der Waals surface area contributed by atoms with Gasteiger partial charge in [-0.3, -0.25) is 18.5 Å². The minimum Gasteiger partial charge on any atom is -0.326 e. The average molecular weight is 361 g/mol. The fourth-order valence-electron chi connectivity index (χ4n) is 3.11. The number of nitrogens with one attached hydrogen (secondary N) is 1. The van der Waals surface area contributed by atoms with E-state index in [0.717, 1.165) is 15.8 Å². The summed E-state index contributed by atoms with van der Waals surface area (Å²) in [6.07, 6.45) is 0. The predicted molar refractivity (Wildman–Crippen MR) is 105 cm³/mol. The van der Waals surface area contributed by atoms with E-state index in [0.29, 0.717) is 23.7 Å². The highest BCUT2D eigenvalue weighted by atomic mass is 16.2. The molecule has 7 heteroatoms. The highest BCUT2D eigenvalue weighted by molar-refractivity contribution is 5.76. The molecule has 136 valence electrons. The first-order valence-corrected chi connectivity index (χ1v) is 8.58. The SMILES string of the molecule is Cn1c(=O)c2c(nc(Nc3ccccc3)n2Cc2ccccc2)n(C)c1=O. The van der Waals surface area contributed by atoms with Gasteiger partial charge in [0.15, 0.2) is 11.2 Å². The first kappa shape index (κ1) is 16.8. The van der Waals surface area contributed by atoms with Crippen molar-refractivity contribution in [3.63, 3.8) is 0 Å². The van der Waals surface area contributed by atoms with E-state index >= 15 is 0 Å². The smallest absolute Gasteiger partial charge is 0.326 e. The zero-order valence-corrected chi connectivity index (χ0v) is 15.1. The molecule has 0 saturated heterocycles. The van der Waals surface area contributed by atoms with Crippen LogP contribution < -0.4 is 16.6 Å². The second-order valence-electron chi connectivity index (χ2n) is 6.38. The summed E-state index contributed by atoms with van der Waals surface area (Å²) >= 11 is 0. The van der Waals surface area contributed by atoms with E-state index in [4.69, 9.17) is 0 Å². The molecule has 0 aliphatic rings. The molecule has 27 heavy (non-hydrogen) atoms. The van der Waals surface area contributed by atoms with Crippen LogP contribution in [0.25, 0.3) is 11.2 Å². The Balaban J connectivity index is 1.97. The summed E-state index contributed by atoms with van der Waals surface area (Å²) in [5.74, 6) is 0.512. The van der Waals surface area contributed by atoms with Crippen LogP contribution in [-0.2, 0) is 20.6 Å². The van der Waals surface area contributed by atoms with E-state index in [9.17, 15) is 9.59 Å². The molecule has 0 aliphatic heterocycles. The second-order valence-corrected chi connectivity index (χ2v) is 6.38. The van der Waals surface area contributed by atoms with Crippen LogP contribution in [0.2, 0.25) is 0 Å². The Kier molecular flexibility index (Phi) is 4.12. The molecular formula is C20H19N5O2. The maximum absolute atomic E-state index is 12.8. The van der Waals surface area contributed by atoms with E-state index < -0.39 is 5.69 Å². The number of rotatable bonds is 4. The molecule has 0 saturated carbocycles. The van der Waals surface area contributed by atoms with Crippen LogP contribution in [-0.4, -0.2) is 18.7 Å². The Hall–Kier alpha value is -3.61. The van der Waals surface area contributed by atoms with Crippen molar-refractivity contribution in [2.75, 3.05) is 5.32 Å². The molecule has 2 aromatic heterocycles. The Labute approximate surface area is 155 Å². The van der Waals surface area contributed by atoms with Gasteiger partial charge < -0.3 is 5.32 Å². The van der Waals surface area contributed by atoms with Gasteiger partial charge in [0.1, 0.15) is 0 Å². The molecule has 4 rings (SSSR count). The number of aryl methyl sites for hydroxylation is 1. The maximum atomic E-state index is 12.8. The van der Waals surface area contributed by atoms with Crippen molar-refractivity contribution in [3.8, 4) is 0 Å². The minimum absolute atomic E-state index is 0.359. The molecule has 4 aromatic rings. The zero-order valence-electron chi connectivity index (χ0n) is 15.1. The Morgan fingerprint density at radius 2 is 1.52 bits per heavy atom. The number of nitrogens with zero attached hydrogens (tertiary/aromatic N) is 4. The van der Waals surface area contributed by atoms with Crippen LogP contribution in [0, 0.1) is 0 Å². The predicted octanol–water partition coefficient (Wildman–Crippen LogP) is 2.23. The van der Waals surface area contributed by atoms with Gasteiger partial charge in [0.05, 0.1) is 6.54 Å². The Morgan fingerprint density at radius 1 is 0.889 bits per heavy atom. The van der Waals surface area contributed by atoms with Gasteiger partial charge in [-0.1, -0.05) is 48.5 Å². The van der Waals surface area contributed by atoms with E-state index in [1.807, 2.05) is 65.2 Å². The van der Waals surface area contributed by atoms with Gasteiger partial charge in [-0.05, 0) is 17.7 Å². The molecule has 0 amide bonds. The molecule has 2 heterocycles. The lowest BCUT2D eigenvalue weighted by Crippen LogP contribution is -2.37. The summed E-state index contributed by atoms with van der Waals surface area (Å²) in [6, 6.07) is 19.4. The third-order valence-corrected chi connectivity index (χ3v) is 4.56. The first-order chi connectivity index (χ1) is 13.1. The molecular weight excluding hydrogens is 342 g/mol. The monoisotopic (exact) mass is 361 g/mol. The van der Waals surface area contributed by atoms with Gasteiger partial charge in [-0.15, -0.1) is 0 Å². The number of fused-ring (bicyclic) bond motifs is 1. The van der Waals surface area contributed by atoms with Gasteiger partial charge in [0, 0.05) is 19.8 Å². The van der Waals surface area contributed by atoms with Crippen molar-refractivity contribution in [2.24, 2.45) is 14.1 Å². The Bertz CT molecular complexity index is 1220. The average Bonchev–Trinajstić information content (AvgIpc) is 3.04. The molecule has 0 atom stereocenters. The third kappa shape index (κ3) is 2.93. The second kappa shape index (κ2) is 6.60. The topological polar surface area (TPSA) is 73.8 Å². The van der Waals surface area contributed by atoms with Gasteiger partial charge in [0.2, 0.25) is 5.95 Å². The summed E-state index contributed by atoms with van der Waals surface area (Å²) in [5, 5.41) is 3.26. The lowest BCUT2D eigenvalue weighted by Gasteiger charge is -2.11. The van der Waals surface area contributed by atoms with Crippen molar-refractivity contribution in [1.29, 1.82) is 0 Å². The number of anilines is 2. The molecule has 0 spiro atoms. The fraction of sp³-hybridized carbons (Fsp3) is 0.150. The summed E-state index contributed by atoms with van der Waals surface area (Å²) in [7, 11) is 3.10. The number of aromatic nitrogens is 4. The molecule has 0 unspecified atom stereocenters. The highest BCUT2D eigenvalue weighted by Gasteiger charge is 2.19.